The molecule has 0 saturated carbocycles. The van der Waals surface area contributed by atoms with Crippen molar-refractivity contribution in [2.75, 3.05) is 38.1 Å². The van der Waals surface area contributed by atoms with E-state index in [-0.39, 0.29) is 11.9 Å². The van der Waals surface area contributed by atoms with E-state index < -0.39 is 0 Å². The average molecular weight is 565 g/mol. The summed E-state index contributed by atoms with van der Waals surface area (Å²) in [6, 6.07) is 18.0. The van der Waals surface area contributed by atoms with Gasteiger partial charge in [0.1, 0.15) is 23.2 Å². The van der Waals surface area contributed by atoms with Gasteiger partial charge in [-0.1, -0.05) is 30.3 Å². The van der Waals surface area contributed by atoms with E-state index in [0.29, 0.717) is 36.4 Å². The van der Waals surface area contributed by atoms with Gasteiger partial charge in [-0.25, -0.2) is 24.9 Å². The molecule has 2 saturated heterocycles. The Hall–Kier alpha value is -4.28. The van der Waals surface area contributed by atoms with Crippen molar-refractivity contribution < 1.29 is 9.53 Å². The molecule has 42 heavy (non-hydrogen) atoms. The van der Waals surface area contributed by atoms with Crippen molar-refractivity contribution in [1.29, 1.82) is 0 Å². The Morgan fingerprint density at radius 3 is 2.55 bits per heavy atom. The first kappa shape index (κ1) is 27.9. The van der Waals surface area contributed by atoms with Gasteiger partial charge in [0.2, 0.25) is 0 Å². The zero-order valence-electron chi connectivity index (χ0n) is 23.9. The van der Waals surface area contributed by atoms with Gasteiger partial charge >= 0.3 is 5.97 Å². The van der Waals surface area contributed by atoms with Crippen LogP contribution in [0.3, 0.4) is 0 Å². The van der Waals surface area contributed by atoms with Crippen LogP contribution in [0.4, 0.5) is 11.6 Å². The molecular formula is C32H36N8O2. The predicted molar refractivity (Wildman–Crippen MR) is 160 cm³/mol. The molecule has 0 aliphatic carbocycles. The van der Waals surface area contributed by atoms with Crippen LogP contribution < -0.4 is 10.6 Å². The summed E-state index contributed by atoms with van der Waals surface area (Å²) in [5.74, 6) is 2.99. The number of carbonyl (C=O) groups is 1. The second kappa shape index (κ2) is 13.1. The lowest BCUT2D eigenvalue weighted by atomic mass is 9.97. The molecule has 2 aliphatic rings. The van der Waals surface area contributed by atoms with E-state index in [1.54, 1.807) is 18.5 Å². The lowest BCUT2D eigenvalue weighted by Crippen LogP contribution is -2.45. The number of rotatable bonds is 10. The van der Waals surface area contributed by atoms with Crippen molar-refractivity contribution in [3.05, 3.63) is 89.6 Å². The van der Waals surface area contributed by atoms with Gasteiger partial charge in [-0.05, 0) is 61.7 Å². The number of hydrogen-bond acceptors (Lipinski definition) is 10. The summed E-state index contributed by atoms with van der Waals surface area (Å²) in [5, 5.41) is 6.49. The van der Waals surface area contributed by atoms with Crippen LogP contribution in [0.2, 0.25) is 0 Å². The molecule has 2 N–H and O–H groups in total. The number of nitrogens with one attached hydrogen (secondary N) is 2. The van der Waals surface area contributed by atoms with Gasteiger partial charge < -0.3 is 15.4 Å². The summed E-state index contributed by atoms with van der Waals surface area (Å²) < 4.78 is 5.59. The largest absolute Gasteiger partial charge is 0.465 e. The van der Waals surface area contributed by atoms with Crippen LogP contribution in [0.1, 0.15) is 35.5 Å². The summed E-state index contributed by atoms with van der Waals surface area (Å²) in [7, 11) is 0. The van der Waals surface area contributed by atoms with E-state index in [1.165, 1.54) is 5.56 Å². The van der Waals surface area contributed by atoms with Gasteiger partial charge in [0.05, 0.1) is 12.5 Å². The molecule has 0 radical (unpaired) electrons. The molecule has 5 heterocycles. The second-order valence-corrected chi connectivity index (χ2v) is 11.1. The normalized spacial score (nSPS) is 17.4. The van der Waals surface area contributed by atoms with Gasteiger partial charge in [-0.3, -0.25) is 9.69 Å². The molecular weight excluding hydrogens is 528 g/mol. The van der Waals surface area contributed by atoms with Crippen LogP contribution >= 0.6 is 0 Å². The van der Waals surface area contributed by atoms with E-state index in [0.717, 1.165) is 68.3 Å². The quantitative estimate of drug-likeness (QED) is 0.274. The van der Waals surface area contributed by atoms with Crippen molar-refractivity contribution >= 4 is 17.6 Å². The van der Waals surface area contributed by atoms with Crippen LogP contribution in [0, 0.1) is 18.8 Å². The van der Waals surface area contributed by atoms with Gasteiger partial charge in [0, 0.05) is 56.6 Å². The van der Waals surface area contributed by atoms with E-state index in [4.69, 9.17) is 9.72 Å². The van der Waals surface area contributed by atoms with Crippen LogP contribution in [-0.4, -0.2) is 68.6 Å². The van der Waals surface area contributed by atoms with Crippen LogP contribution in [0.5, 0.6) is 0 Å². The number of carbonyl (C=O) groups excluding carboxylic acids is 1. The number of ether oxygens (including phenoxy) is 1. The molecule has 2 aliphatic heterocycles. The van der Waals surface area contributed by atoms with Gasteiger partial charge in [0.25, 0.3) is 0 Å². The molecule has 2 fully saturated rings. The fourth-order valence-corrected chi connectivity index (χ4v) is 5.28. The highest BCUT2D eigenvalue weighted by Crippen LogP contribution is 2.22. The highest BCUT2D eigenvalue weighted by atomic mass is 16.5. The molecule has 1 aromatic carbocycles. The maximum atomic E-state index is 12.6. The van der Waals surface area contributed by atoms with Gasteiger partial charge in [0.15, 0.2) is 5.82 Å². The summed E-state index contributed by atoms with van der Waals surface area (Å²) in [6.45, 7) is 6.97. The number of benzene rings is 1. The number of pyridine rings is 1. The van der Waals surface area contributed by atoms with E-state index in [1.807, 2.05) is 31.2 Å². The fourth-order valence-electron chi connectivity index (χ4n) is 5.28. The summed E-state index contributed by atoms with van der Waals surface area (Å²) in [4.78, 5) is 37.6. The number of piperidine rings is 1. The Bertz CT molecular complexity index is 1510. The fraction of sp³-hybridized carbons (Fsp3) is 0.375. The van der Waals surface area contributed by atoms with Crippen molar-refractivity contribution in [3.63, 3.8) is 0 Å². The Morgan fingerprint density at radius 2 is 1.76 bits per heavy atom. The molecule has 0 amide bonds. The molecule has 0 bridgehead atoms. The molecule has 10 heteroatoms. The zero-order valence-corrected chi connectivity index (χ0v) is 23.9. The number of likely N-dealkylation sites (tertiary alicyclic amines) is 1. The molecule has 4 aromatic rings. The molecule has 10 nitrogen and oxygen atoms in total. The average Bonchev–Trinajstić information content (AvgIpc) is 2.98. The molecule has 0 spiro atoms. The van der Waals surface area contributed by atoms with Gasteiger partial charge in [-0.2, -0.15) is 0 Å². The lowest BCUT2D eigenvalue weighted by molar-refractivity contribution is -0.152. The number of esters is 1. The monoisotopic (exact) mass is 564 g/mol. The minimum absolute atomic E-state index is 0.0303. The van der Waals surface area contributed by atoms with Crippen LogP contribution in [0.15, 0.2) is 67.0 Å². The molecule has 6 rings (SSSR count). The number of aromatic nitrogens is 5. The van der Waals surface area contributed by atoms with Crippen molar-refractivity contribution in [2.45, 2.75) is 32.7 Å². The summed E-state index contributed by atoms with van der Waals surface area (Å²) in [6.07, 6.45) is 6.01. The highest BCUT2D eigenvalue weighted by molar-refractivity contribution is 5.72. The number of anilines is 2. The Labute approximate surface area is 246 Å². The van der Waals surface area contributed by atoms with Crippen molar-refractivity contribution in [1.82, 2.24) is 35.1 Å². The molecule has 3 aromatic heterocycles. The minimum atomic E-state index is -0.0397. The Kier molecular flexibility index (Phi) is 8.72. The van der Waals surface area contributed by atoms with Crippen molar-refractivity contribution in [2.24, 2.45) is 11.8 Å². The summed E-state index contributed by atoms with van der Waals surface area (Å²) in [5.41, 5.74) is 4.01. The second-order valence-electron chi connectivity index (χ2n) is 11.1. The van der Waals surface area contributed by atoms with Crippen LogP contribution in [-0.2, 0) is 22.5 Å². The Balaban J connectivity index is 1.02. The SMILES string of the molecule is Cc1cccc(-c2nccc(Nc3ccnc(Cc4ccc(CN5CCCC(C(=O)OCC6CNC6)C5)cc4)n3)n2)n1. The zero-order chi connectivity index (χ0) is 28.7. The minimum Gasteiger partial charge on any atom is -0.465 e. The van der Waals surface area contributed by atoms with Crippen LogP contribution in [0.25, 0.3) is 11.5 Å². The third-order valence-electron chi connectivity index (χ3n) is 7.69. The maximum Gasteiger partial charge on any atom is 0.310 e. The smallest absolute Gasteiger partial charge is 0.310 e. The van der Waals surface area contributed by atoms with E-state index in [9.17, 15) is 4.79 Å². The number of nitrogens with zero attached hydrogens (tertiary/aromatic N) is 6. The lowest BCUT2D eigenvalue weighted by Gasteiger charge is -2.32. The molecule has 1 unspecified atom stereocenters. The van der Waals surface area contributed by atoms with Gasteiger partial charge in [-0.15, -0.1) is 0 Å². The molecule has 1 atom stereocenters. The van der Waals surface area contributed by atoms with Crippen molar-refractivity contribution in [3.8, 4) is 11.5 Å². The third-order valence-corrected chi connectivity index (χ3v) is 7.69. The van der Waals surface area contributed by atoms with E-state index >= 15 is 0 Å². The topological polar surface area (TPSA) is 118 Å². The Morgan fingerprint density at radius 1 is 0.976 bits per heavy atom. The standard InChI is InChI=1S/C32H36N8O2/c1-22-4-2-6-27(36-22)31-35-14-12-29(39-31)37-28-11-13-34-30(38-28)16-23-7-9-24(10-8-23)19-40-15-3-5-26(20-40)32(41)42-21-25-17-33-18-25/h2,4,6-14,25-26,33H,3,5,15-21H2,1H3,(H,34,35,37,38,39). The highest BCUT2D eigenvalue weighted by Gasteiger charge is 2.28. The summed E-state index contributed by atoms with van der Waals surface area (Å²) >= 11 is 0. The predicted octanol–water partition coefficient (Wildman–Crippen LogP) is 3.95. The molecule has 216 valence electrons. The third kappa shape index (κ3) is 7.32. The maximum absolute atomic E-state index is 12.6. The van der Waals surface area contributed by atoms with E-state index in [2.05, 4.69) is 59.7 Å². The first-order valence-corrected chi connectivity index (χ1v) is 14.6. The number of aryl methyl sites for hydroxylation is 1. The first-order valence-electron chi connectivity index (χ1n) is 14.6. The first-order chi connectivity index (χ1) is 20.6. The number of hydrogen-bond donors (Lipinski definition) is 2.